The van der Waals surface area contributed by atoms with Gasteiger partial charge in [0, 0.05) is 12.4 Å². The zero-order valence-corrected chi connectivity index (χ0v) is 22.8. The molecule has 0 atom stereocenters. The molecule has 0 saturated carbocycles. The Morgan fingerprint density at radius 2 is 0.926 bits per heavy atom. The quantitative estimate of drug-likeness (QED) is 0.369. The van der Waals surface area contributed by atoms with Gasteiger partial charge in [-0.15, -0.1) is 11.1 Å². The van der Waals surface area contributed by atoms with Crippen molar-refractivity contribution >= 4 is 24.4 Å². The lowest BCUT2D eigenvalue weighted by Gasteiger charge is -2.44. The van der Waals surface area contributed by atoms with Gasteiger partial charge >= 0.3 is 0 Å². The van der Waals surface area contributed by atoms with Crippen LogP contribution < -0.4 is 0 Å². The van der Waals surface area contributed by atoms with Gasteiger partial charge in [-0.05, 0) is 16.6 Å². The van der Waals surface area contributed by atoms with Crippen molar-refractivity contribution in [3.05, 3.63) is 23.5 Å². The number of aromatic nitrogens is 1. The number of hydrogen-bond acceptors (Lipinski definition) is 0. The molecular formula is C23H41NSi3. The van der Waals surface area contributed by atoms with Crippen LogP contribution in [0.25, 0.3) is 0 Å². The second-order valence-electron chi connectivity index (χ2n) is 10.8. The van der Waals surface area contributed by atoms with E-state index in [1.807, 2.05) is 0 Å². The van der Waals surface area contributed by atoms with Crippen LogP contribution in [-0.4, -0.2) is 28.6 Å². The van der Waals surface area contributed by atoms with Gasteiger partial charge in [0.1, 0.15) is 16.1 Å². The Kier molecular flexibility index (Phi) is 7.67. The molecule has 0 N–H and O–H groups in total. The average molecular weight is 416 g/mol. The van der Waals surface area contributed by atoms with E-state index in [-0.39, 0.29) is 0 Å². The minimum atomic E-state index is -1.76. The molecule has 0 aliphatic rings. The number of rotatable bonds is 4. The summed E-state index contributed by atoms with van der Waals surface area (Å²) in [6.07, 6.45) is 4.68. The molecule has 0 bridgehead atoms. The van der Waals surface area contributed by atoms with E-state index in [2.05, 4.69) is 120 Å². The highest BCUT2D eigenvalue weighted by Crippen LogP contribution is 2.43. The maximum atomic E-state index is 3.56. The Balaban J connectivity index is 3.72. The second-order valence-corrected chi connectivity index (χ2v) is 26.1. The molecule has 1 aromatic heterocycles. The van der Waals surface area contributed by atoms with Crippen molar-refractivity contribution in [2.75, 3.05) is 0 Å². The first kappa shape index (κ1) is 24.1. The zero-order valence-electron chi connectivity index (χ0n) is 19.8. The number of hydrogen-bond donors (Lipinski definition) is 0. The molecule has 1 rings (SSSR count). The molecule has 0 saturated heterocycles. The molecule has 0 aromatic carbocycles. The van der Waals surface area contributed by atoms with Crippen LogP contribution in [0.15, 0.2) is 12.4 Å². The fourth-order valence-corrected chi connectivity index (χ4v) is 11.8. The maximum absolute atomic E-state index is 3.56. The predicted octanol–water partition coefficient (Wildman–Crippen LogP) is 6.97. The zero-order chi connectivity index (χ0) is 21.2. The van der Waals surface area contributed by atoms with E-state index in [0.29, 0.717) is 16.6 Å². The Labute approximate surface area is 172 Å². The molecule has 0 amide bonds. The summed E-state index contributed by atoms with van der Waals surface area (Å²) < 4.78 is 2.59. The van der Waals surface area contributed by atoms with Crippen molar-refractivity contribution in [3.63, 3.8) is 0 Å². The molecule has 0 fully saturated rings. The highest BCUT2D eigenvalue weighted by molar-refractivity contribution is 6.84. The summed E-state index contributed by atoms with van der Waals surface area (Å²) in [4.78, 5) is 0. The lowest BCUT2D eigenvalue weighted by molar-refractivity contribution is 0.765. The minimum absolute atomic E-state index is 0.667. The lowest BCUT2D eigenvalue weighted by atomic mass is 10.2. The first-order valence-corrected chi connectivity index (χ1v) is 19.6. The van der Waals surface area contributed by atoms with Crippen molar-refractivity contribution in [1.29, 1.82) is 0 Å². The summed E-state index contributed by atoms with van der Waals surface area (Å²) in [5.41, 5.74) is 11.4. The minimum Gasteiger partial charge on any atom is -0.377 e. The first-order chi connectivity index (χ1) is 12.1. The molecule has 27 heavy (non-hydrogen) atoms. The summed E-state index contributed by atoms with van der Waals surface area (Å²) in [6.45, 7) is 28.3. The van der Waals surface area contributed by atoms with Crippen LogP contribution in [0.3, 0.4) is 0 Å². The molecule has 0 aliphatic carbocycles. The third-order valence-electron chi connectivity index (χ3n) is 5.19. The fraction of sp³-hybridized carbons (Fsp3) is 0.652. The van der Waals surface area contributed by atoms with Crippen LogP contribution in [0.2, 0.25) is 55.9 Å². The van der Waals surface area contributed by atoms with E-state index in [9.17, 15) is 0 Å². The van der Waals surface area contributed by atoms with E-state index in [0.717, 1.165) is 11.1 Å². The Morgan fingerprint density at radius 3 is 1.15 bits per heavy atom. The van der Waals surface area contributed by atoms with Gasteiger partial charge in [0.15, 0.2) is 8.24 Å². The van der Waals surface area contributed by atoms with Gasteiger partial charge < -0.3 is 4.23 Å². The average Bonchev–Trinajstić information content (AvgIpc) is 2.84. The van der Waals surface area contributed by atoms with Crippen molar-refractivity contribution in [2.45, 2.75) is 97.4 Å². The third-order valence-corrected chi connectivity index (χ3v) is 13.6. The summed E-state index contributed by atoms with van der Waals surface area (Å²) in [5, 5.41) is 0. The van der Waals surface area contributed by atoms with Crippen LogP contribution in [0.1, 0.15) is 52.7 Å². The lowest BCUT2D eigenvalue weighted by Crippen LogP contribution is -2.51. The highest BCUT2D eigenvalue weighted by atomic mass is 28.3. The molecule has 0 unspecified atom stereocenters. The van der Waals surface area contributed by atoms with Gasteiger partial charge in [-0.3, -0.25) is 0 Å². The summed E-state index contributed by atoms with van der Waals surface area (Å²) in [6, 6.07) is 0. The number of nitrogens with zero attached hydrogens (tertiary/aromatic N) is 1. The monoisotopic (exact) mass is 415 g/mol. The standard InChI is InChI=1S/C23H41NSi3/c1-19(2)27(20(3)4,21(5)6)24-17-22(13-15-25(7,8)9)23(18-24)14-16-26(10,11)12/h17-21H,1-12H3. The molecule has 0 aliphatic heterocycles. The normalized spacial score (nSPS) is 12.9. The largest absolute Gasteiger partial charge is 0.377 e. The van der Waals surface area contributed by atoms with Gasteiger partial charge in [0.05, 0.1) is 11.1 Å². The van der Waals surface area contributed by atoms with Crippen molar-refractivity contribution < 1.29 is 0 Å². The predicted molar refractivity (Wildman–Crippen MR) is 131 cm³/mol. The van der Waals surface area contributed by atoms with Gasteiger partial charge in [-0.1, -0.05) is 92.7 Å². The Morgan fingerprint density at radius 1 is 0.630 bits per heavy atom. The summed E-state index contributed by atoms with van der Waals surface area (Å²) in [7, 11) is -4.61. The van der Waals surface area contributed by atoms with Crippen LogP contribution in [0.4, 0.5) is 0 Å². The van der Waals surface area contributed by atoms with Gasteiger partial charge in [-0.25, -0.2) is 0 Å². The molecule has 4 heteroatoms. The first-order valence-electron chi connectivity index (χ1n) is 10.4. The smallest absolute Gasteiger partial charge is 0.168 e. The van der Waals surface area contributed by atoms with Crippen LogP contribution in [-0.2, 0) is 0 Å². The van der Waals surface area contributed by atoms with E-state index in [4.69, 9.17) is 0 Å². The molecular weight excluding hydrogens is 375 g/mol. The fourth-order valence-electron chi connectivity index (χ4n) is 4.28. The molecule has 1 nitrogen and oxygen atoms in total. The summed E-state index contributed by atoms with van der Waals surface area (Å²) in [5.74, 6) is 7.05. The Bertz CT molecular complexity index is 692. The Hall–Kier alpha value is -0.949. The van der Waals surface area contributed by atoms with Gasteiger partial charge in [0.2, 0.25) is 0 Å². The highest BCUT2D eigenvalue weighted by Gasteiger charge is 2.45. The van der Waals surface area contributed by atoms with E-state index >= 15 is 0 Å². The topological polar surface area (TPSA) is 4.93 Å². The molecule has 150 valence electrons. The van der Waals surface area contributed by atoms with Gasteiger partial charge in [0.25, 0.3) is 0 Å². The van der Waals surface area contributed by atoms with E-state index < -0.39 is 24.4 Å². The van der Waals surface area contributed by atoms with Crippen LogP contribution in [0.5, 0.6) is 0 Å². The summed E-state index contributed by atoms with van der Waals surface area (Å²) >= 11 is 0. The van der Waals surface area contributed by atoms with Crippen molar-refractivity contribution in [1.82, 2.24) is 4.23 Å². The molecule has 0 spiro atoms. The van der Waals surface area contributed by atoms with E-state index in [1.165, 1.54) is 0 Å². The molecule has 1 heterocycles. The molecule has 0 radical (unpaired) electrons. The van der Waals surface area contributed by atoms with Crippen molar-refractivity contribution in [2.24, 2.45) is 0 Å². The SMILES string of the molecule is CC(C)[Si](C(C)C)(C(C)C)n1cc(C#C[Si](C)(C)C)c(C#C[Si](C)(C)C)c1. The van der Waals surface area contributed by atoms with Gasteiger partial charge in [-0.2, -0.15) is 0 Å². The van der Waals surface area contributed by atoms with Crippen LogP contribution in [0, 0.1) is 22.9 Å². The van der Waals surface area contributed by atoms with Crippen molar-refractivity contribution in [3.8, 4) is 22.9 Å². The maximum Gasteiger partial charge on any atom is 0.168 e. The second kappa shape index (κ2) is 8.60. The van der Waals surface area contributed by atoms with E-state index in [1.54, 1.807) is 0 Å². The third kappa shape index (κ3) is 6.01. The molecule has 1 aromatic rings. The van der Waals surface area contributed by atoms with Crippen LogP contribution >= 0.6 is 0 Å².